The second-order valence-electron chi connectivity index (χ2n) is 7.02. The summed E-state index contributed by atoms with van der Waals surface area (Å²) in [5.41, 5.74) is 0.608. The van der Waals surface area contributed by atoms with E-state index >= 15 is 0 Å². The fourth-order valence-corrected chi connectivity index (χ4v) is 3.85. The molecule has 2 saturated carbocycles. The molecule has 0 unspecified atom stereocenters. The van der Waals surface area contributed by atoms with Crippen molar-refractivity contribution >= 4 is 18.3 Å². The van der Waals surface area contributed by atoms with E-state index in [1.165, 1.54) is 57.8 Å². The monoisotopic (exact) mass is 300 g/mol. The van der Waals surface area contributed by atoms with Crippen molar-refractivity contribution in [3.63, 3.8) is 0 Å². The van der Waals surface area contributed by atoms with Gasteiger partial charge in [0, 0.05) is 13.1 Å². The van der Waals surface area contributed by atoms with E-state index in [1.54, 1.807) is 0 Å². The van der Waals surface area contributed by atoms with Crippen molar-refractivity contribution in [3.8, 4) is 0 Å². The van der Waals surface area contributed by atoms with Gasteiger partial charge in [-0.05, 0) is 56.4 Å². The molecule has 0 aromatic carbocycles. The Labute approximate surface area is 129 Å². The van der Waals surface area contributed by atoms with E-state index < -0.39 is 0 Å². The second kappa shape index (κ2) is 7.13. The van der Waals surface area contributed by atoms with Crippen molar-refractivity contribution in [2.75, 3.05) is 26.2 Å². The van der Waals surface area contributed by atoms with Gasteiger partial charge in [-0.2, -0.15) is 0 Å². The summed E-state index contributed by atoms with van der Waals surface area (Å²) in [6.45, 7) is 3.61. The number of rotatable bonds is 4. The molecule has 2 aliphatic carbocycles. The Bertz CT molecular complexity index is 314. The van der Waals surface area contributed by atoms with Crippen LogP contribution >= 0.6 is 12.4 Å². The quantitative estimate of drug-likeness (QED) is 0.866. The first-order chi connectivity index (χ1) is 9.27. The van der Waals surface area contributed by atoms with Crippen molar-refractivity contribution < 1.29 is 4.79 Å². The van der Waals surface area contributed by atoms with Crippen molar-refractivity contribution in [2.45, 2.75) is 57.8 Å². The lowest BCUT2D eigenvalue weighted by atomic mass is 9.68. The van der Waals surface area contributed by atoms with Crippen LogP contribution < -0.4 is 5.32 Å². The first kappa shape index (κ1) is 16.1. The van der Waals surface area contributed by atoms with Crippen molar-refractivity contribution in [3.05, 3.63) is 0 Å². The minimum absolute atomic E-state index is 0. The maximum absolute atomic E-state index is 12.1. The van der Waals surface area contributed by atoms with E-state index in [2.05, 4.69) is 10.2 Å². The molecule has 3 nitrogen and oxygen atoms in total. The lowest BCUT2D eigenvalue weighted by molar-refractivity contribution is -0.132. The summed E-state index contributed by atoms with van der Waals surface area (Å²) in [6, 6.07) is 0. The van der Waals surface area contributed by atoms with Gasteiger partial charge in [0.05, 0.1) is 6.54 Å². The van der Waals surface area contributed by atoms with E-state index in [9.17, 15) is 4.79 Å². The number of hydrogen-bond donors (Lipinski definition) is 1. The van der Waals surface area contributed by atoms with Crippen LogP contribution in [0.1, 0.15) is 57.8 Å². The third-order valence-electron chi connectivity index (χ3n) is 5.50. The number of halogens is 1. The predicted molar refractivity (Wildman–Crippen MR) is 84.2 cm³/mol. The molecule has 0 atom stereocenters. The summed E-state index contributed by atoms with van der Waals surface area (Å²) in [7, 11) is 0. The zero-order valence-corrected chi connectivity index (χ0v) is 13.3. The fraction of sp³-hybridized carbons (Fsp3) is 0.938. The molecule has 4 heteroatoms. The van der Waals surface area contributed by atoms with Gasteiger partial charge in [0.1, 0.15) is 0 Å². The molecule has 0 radical (unpaired) electrons. The molecule has 3 fully saturated rings. The molecule has 3 rings (SSSR count). The zero-order chi connectivity index (χ0) is 13.1. The highest BCUT2D eigenvalue weighted by Crippen LogP contribution is 2.44. The van der Waals surface area contributed by atoms with E-state index in [1.807, 2.05) is 0 Å². The molecular formula is C16H29ClN2O. The Hall–Kier alpha value is -0.280. The van der Waals surface area contributed by atoms with Crippen molar-refractivity contribution in [1.29, 1.82) is 0 Å². The molecule has 1 aliphatic heterocycles. The SMILES string of the molecule is Cl.O=C(CNCC1CC1)N1CCC2(CCCCC2)CC1. The molecule has 1 N–H and O–H groups in total. The highest BCUT2D eigenvalue weighted by molar-refractivity contribution is 5.85. The summed E-state index contributed by atoms with van der Waals surface area (Å²) < 4.78 is 0. The minimum Gasteiger partial charge on any atom is -0.342 e. The molecule has 1 heterocycles. The number of carbonyl (C=O) groups is 1. The Morgan fingerprint density at radius 2 is 1.70 bits per heavy atom. The number of piperidine rings is 1. The maximum Gasteiger partial charge on any atom is 0.236 e. The molecule has 1 amide bonds. The van der Waals surface area contributed by atoms with Crippen LogP contribution in [0.5, 0.6) is 0 Å². The van der Waals surface area contributed by atoms with Gasteiger partial charge in [0.25, 0.3) is 0 Å². The number of amides is 1. The molecule has 20 heavy (non-hydrogen) atoms. The van der Waals surface area contributed by atoms with Crippen LogP contribution in [0.2, 0.25) is 0 Å². The number of hydrogen-bond acceptors (Lipinski definition) is 2. The molecule has 0 bridgehead atoms. The van der Waals surface area contributed by atoms with Crippen LogP contribution in [0.25, 0.3) is 0 Å². The average molecular weight is 301 g/mol. The Morgan fingerprint density at radius 1 is 1.05 bits per heavy atom. The molecule has 116 valence electrons. The smallest absolute Gasteiger partial charge is 0.236 e. The molecular weight excluding hydrogens is 272 g/mol. The minimum atomic E-state index is 0. The Morgan fingerprint density at radius 3 is 2.30 bits per heavy atom. The predicted octanol–water partition coefficient (Wildman–Crippen LogP) is 2.98. The summed E-state index contributed by atoms with van der Waals surface area (Å²) in [5, 5.41) is 3.32. The van der Waals surface area contributed by atoms with E-state index in [0.29, 0.717) is 17.9 Å². The highest BCUT2D eigenvalue weighted by Gasteiger charge is 2.36. The first-order valence-electron chi connectivity index (χ1n) is 8.26. The third-order valence-corrected chi connectivity index (χ3v) is 5.50. The van der Waals surface area contributed by atoms with Crippen LogP contribution in [0, 0.1) is 11.3 Å². The summed E-state index contributed by atoms with van der Waals surface area (Å²) >= 11 is 0. The molecule has 1 spiro atoms. The summed E-state index contributed by atoms with van der Waals surface area (Å²) in [4.78, 5) is 14.2. The van der Waals surface area contributed by atoms with Gasteiger partial charge >= 0.3 is 0 Å². The van der Waals surface area contributed by atoms with Gasteiger partial charge in [-0.25, -0.2) is 0 Å². The molecule has 3 aliphatic rings. The number of nitrogens with zero attached hydrogens (tertiary/aromatic N) is 1. The fourth-order valence-electron chi connectivity index (χ4n) is 3.85. The third kappa shape index (κ3) is 4.11. The zero-order valence-electron chi connectivity index (χ0n) is 12.5. The lowest BCUT2D eigenvalue weighted by Crippen LogP contribution is -2.46. The van der Waals surface area contributed by atoms with Gasteiger partial charge in [-0.3, -0.25) is 4.79 Å². The first-order valence-corrected chi connectivity index (χ1v) is 8.26. The van der Waals surface area contributed by atoms with E-state index in [0.717, 1.165) is 25.6 Å². The molecule has 0 aromatic rings. The Balaban J connectivity index is 0.00000147. The average Bonchev–Trinajstić information content (AvgIpc) is 3.24. The van der Waals surface area contributed by atoms with Gasteiger partial charge in [0.2, 0.25) is 5.91 Å². The second-order valence-corrected chi connectivity index (χ2v) is 7.02. The summed E-state index contributed by atoms with van der Waals surface area (Å²) in [6.07, 6.45) is 12.3. The van der Waals surface area contributed by atoms with Crippen LogP contribution in [0.3, 0.4) is 0 Å². The topological polar surface area (TPSA) is 32.3 Å². The number of nitrogens with one attached hydrogen (secondary N) is 1. The van der Waals surface area contributed by atoms with E-state index in [4.69, 9.17) is 0 Å². The van der Waals surface area contributed by atoms with Crippen LogP contribution in [0.15, 0.2) is 0 Å². The van der Waals surface area contributed by atoms with Crippen LogP contribution in [-0.4, -0.2) is 37.0 Å². The van der Waals surface area contributed by atoms with Gasteiger partial charge in [-0.15, -0.1) is 12.4 Å². The lowest BCUT2D eigenvalue weighted by Gasteiger charge is -2.44. The largest absolute Gasteiger partial charge is 0.342 e. The van der Waals surface area contributed by atoms with Crippen LogP contribution in [0.4, 0.5) is 0 Å². The normalized spacial score (nSPS) is 25.3. The number of carbonyl (C=O) groups excluding carboxylic acids is 1. The Kier molecular flexibility index (Phi) is 5.74. The highest BCUT2D eigenvalue weighted by atomic mass is 35.5. The van der Waals surface area contributed by atoms with Gasteiger partial charge in [0.15, 0.2) is 0 Å². The number of likely N-dealkylation sites (tertiary alicyclic amines) is 1. The van der Waals surface area contributed by atoms with Crippen molar-refractivity contribution in [2.24, 2.45) is 11.3 Å². The molecule has 0 aromatic heterocycles. The van der Waals surface area contributed by atoms with Crippen molar-refractivity contribution in [1.82, 2.24) is 10.2 Å². The molecule has 1 saturated heterocycles. The maximum atomic E-state index is 12.1. The van der Waals surface area contributed by atoms with Gasteiger partial charge < -0.3 is 10.2 Å². The van der Waals surface area contributed by atoms with Gasteiger partial charge in [-0.1, -0.05) is 19.3 Å². The summed E-state index contributed by atoms with van der Waals surface area (Å²) in [5.74, 6) is 1.19. The standard InChI is InChI=1S/C16H28N2O.ClH/c19-15(13-17-12-14-4-5-14)18-10-8-16(9-11-18)6-2-1-3-7-16;/h14,17H,1-13H2;1H. The van der Waals surface area contributed by atoms with E-state index in [-0.39, 0.29) is 12.4 Å². The van der Waals surface area contributed by atoms with Crippen LogP contribution in [-0.2, 0) is 4.79 Å².